The van der Waals surface area contributed by atoms with Crippen molar-refractivity contribution in [1.29, 1.82) is 0 Å². The molecule has 0 saturated heterocycles. The molecular weight excluding hydrogens is 264 g/mol. The molecule has 3 N–H and O–H groups in total. The number of carbonyl (C=O) groups excluding carboxylic acids is 1. The van der Waals surface area contributed by atoms with Crippen molar-refractivity contribution >= 4 is 21.4 Å². The molecule has 0 spiro atoms. The summed E-state index contributed by atoms with van der Waals surface area (Å²) in [5.41, 5.74) is 6.17. The van der Waals surface area contributed by atoms with E-state index in [-0.39, 0.29) is 22.8 Å². The second kappa shape index (κ2) is 5.14. The van der Waals surface area contributed by atoms with Crippen LogP contribution in [0.4, 0.5) is 5.69 Å². The van der Waals surface area contributed by atoms with Crippen LogP contribution in [0.5, 0.6) is 0 Å². The molecule has 1 amide bonds. The second-order valence-corrected chi connectivity index (χ2v) is 6.70. The SMILES string of the molecule is CS(=O)(=O)c1cccc(NC(=O)C2C=CC(N)C2)c1. The molecule has 0 bridgehead atoms. The van der Waals surface area contributed by atoms with E-state index in [9.17, 15) is 13.2 Å². The van der Waals surface area contributed by atoms with Gasteiger partial charge in [-0.3, -0.25) is 4.79 Å². The molecule has 2 atom stereocenters. The van der Waals surface area contributed by atoms with Gasteiger partial charge in [-0.25, -0.2) is 8.42 Å². The van der Waals surface area contributed by atoms with Crippen LogP contribution in [0.3, 0.4) is 0 Å². The van der Waals surface area contributed by atoms with Crippen LogP contribution in [0, 0.1) is 5.92 Å². The van der Waals surface area contributed by atoms with E-state index in [4.69, 9.17) is 5.73 Å². The van der Waals surface area contributed by atoms with E-state index in [0.717, 1.165) is 6.26 Å². The van der Waals surface area contributed by atoms with E-state index in [1.807, 2.05) is 0 Å². The first kappa shape index (κ1) is 13.8. The fraction of sp³-hybridized carbons (Fsp3) is 0.308. The first-order valence-electron chi connectivity index (χ1n) is 5.91. The highest BCUT2D eigenvalue weighted by Crippen LogP contribution is 2.20. The molecule has 1 aromatic carbocycles. The molecule has 1 aliphatic carbocycles. The highest BCUT2D eigenvalue weighted by Gasteiger charge is 2.22. The summed E-state index contributed by atoms with van der Waals surface area (Å²) in [7, 11) is -3.27. The molecule has 0 radical (unpaired) electrons. The topological polar surface area (TPSA) is 89.3 Å². The minimum Gasteiger partial charge on any atom is -0.326 e. The Hall–Kier alpha value is -1.66. The molecule has 5 nitrogen and oxygen atoms in total. The van der Waals surface area contributed by atoms with Crippen LogP contribution in [0.1, 0.15) is 6.42 Å². The number of hydrogen-bond donors (Lipinski definition) is 2. The van der Waals surface area contributed by atoms with Crippen molar-refractivity contribution in [3.8, 4) is 0 Å². The lowest BCUT2D eigenvalue weighted by atomic mass is 10.1. The van der Waals surface area contributed by atoms with Crippen molar-refractivity contribution in [2.24, 2.45) is 11.7 Å². The predicted molar refractivity (Wildman–Crippen MR) is 73.4 cm³/mol. The summed E-state index contributed by atoms with van der Waals surface area (Å²) >= 11 is 0. The maximum atomic E-state index is 12.0. The smallest absolute Gasteiger partial charge is 0.231 e. The Morgan fingerprint density at radius 2 is 2.11 bits per heavy atom. The lowest BCUT2D eigenvalue weighted by molar-refractivity contribution is -0.118. The lowest BCUT2D eigenvalue weighted by Gasteiger charge is -2.11. The highest BCUT2D eigenvalue weighted by molar-refractivity contribution is 7.90. The first-order chi connectivity index (χ1) is 8.86. The van der Waals surface area contributed by atoms with Gasteiger partial charge in [-0.05, 0) is 24.6 Å². The Balaban J connectivity index is 2.12. The number of nitrogens with two attached hydrogens (primary N) is 1. The van der Waals surface area contributed by atoms with Gasteiger partial charge in [0, 0.05) is 18.0 Å². The van der Waals surface area contributed by atoms with E-state index >= 15 is 0 Å². The van der Waals surface area contributed by atoms with Gasteiger partial charge in [0.1, 0.15) is 0 Å². The van der Waals surface area contributed by atoms with Crippen LogP contribution in [-0.2, 0) is 14.6 Å². The number of rotatable bonds is 3. The van der Waals surface area contributed by atoms with Gasteiger partial charge in [0.05, 0.1) is 10.8 Å². The summed E-state index contributed by atoms with van der Waals surface area (Å²) in [5.74, 6) is -0.424. The largest absolute Gasteiger partial charge is 0.326 e. The Morgan fingerprint density at radius 1 is 1.37 bits per heavy atom. The van der Waals surface area contributed by atoms with Gasteiger partial charge in [-0.2, -0.15) is 0 Å². The average Bonchev–Trinajstić information content (AvgIpc) is 2.75. The summed E-state index contributed by atoms with van der Waals surface area (Å²) in [4.78, 5) is 12.1. The van der Waals surface area contributed by atoms with Gasteiger partial charge < -0.3 is 11.1 Å². The standard InChI is InChI=1S/C13H16N2O3S/c1-19(17,18)12-4-2-3-11(8-12)15-13(16)9-5-6-10(14)7-9/h2-6,8-10H,7,14H2,1H3,(H,15,16). The van der Waals surface area contributed by atoms with Crippen LogP contribution >= 0.6 is 0 Å². The predicted octanol–water partition coefficient (Wildman–Crippen LogP) is 0.932. The number of anilines is 1. The number of nitrogens with one attached hydrogen (secondary N) is 1. The van der Waals surface area contributed by atoms with Crippen molar-refractivity contribution in [1.82, 2.24) is 0 Å². The molecule has 2 unspecified atom stereocenters. The second-order valence-electron chi connectivity index (χ2n) is 4.68. The summed E-state index contributed by atoms with van der Waals surface area (Å²) in [6, 6.07) is 6.12. The van der Waals surface area contributed by atoms with Crippen LogP contribution in [0.25, 0.3) is 0 Å². The third-order valence-electron chi connectivity index (χ3n) is 2.98. The van der Waals surface area contributed by atoms with E-state index in [1.54, 1.807) is 24.3 Å². The number of carbonyl (C=O) groups is 1. The van der Waals surface area contributed by atoms with Crippen molar-refractivity contribution in [3.05, 3.63) is 36.4 Å². The Bertz CT molecular complexity index is 623. The fourth-order valence-electron chi connectivity index (χ4n) is 1.96. The first-order valence-corrected chi connectivity index (χ1v) is 7.80. The molecular formula is C13H16N2O3S. The Morgan fingerprint density at radius 3 is 2.68 bits per heavy atom. The van der Waals surface area contributed by atoms with E-state index in [2.05, 4.69) is 5.32 Å². The fourth-order valence-corrected chi connectivity index (χ4v) is 2.63. The van der Waals surface area contributed by atoms with Gasteiger partial charge in [0.15, 0.2) is 9.84 Å². The van der Waals surface area contributed by atoms with Crippen molar-refractivity contribution in [2.75, 3.05) is 11.6 Å². The van der Waals surface area contributed by atoms with Gasteiger partial charge in [-0.15, -0.1) is 0 Å². The molecule has 1 aromatic rings. The van der Waals surface area contributed by atoms with Crippen LogP contribution in [0.2, 0.25) is 0 Å². The zero-order valence-corrected chi connectivity index (χ0v) is 11.4. The van der Waals surface area contributed by atoms with Gasteiger partial charge in [0.25, 0.3) is 0 Å². The molecule has 0 aliphatic heterocycles. The third-order valence-corrected chi connectivity index (χ3v) is 4.09. The summed E-state index contributed by atoms with van der Waals surface area (Å²) in [6.45, 7) is 0. The van der Waals surface area contributed by atoms with Gasteiger partial charge in [-0.1, -0.05) is 18.2 Å². The minimum absolute atomic E-state index is 0.0851. The normalized spacial score (nSPS) is 22.4. The summed E-state index contributed by atoms with van der Waals surface area (Å²) in [6.07, 6.45) is 5.29. The average molecular weight is 280 g/mol. The van der Waals surface area contributed by atoms with Crippen molar-refractivity contribution in [2.45, 2.75) is 17.4 Å². The molecule has 102 valence electrons. The van der Waals surface area contributed by atoms with Crippen LogP contribution < -0.4 is 11.1 Å². The van der Waals surface area contributed by atoms with Crippen molar-refractivity contribution < 1.29 is 13.2 Å². The van der Waals surface area contributed by atoms with Crippen LogP contribution in [-0.4, -0.2) is 26.6 Å². The molecule has 2 rings (SSSR count). The van der Waals surface area contributed by atoms with Gasteiger partial charge >= 0.3 is 0 Å². The molecule has 19 heavy (non-hydrogen) atoms. The summed E-state index contributed by atoms with van der Waals surface area (Å²) in [5, 5.41) is 2.71. The molecule has 0 saturated carbocycles. The summed E-state index contributed by atoms with van der Waals surface area (Å²) < 4.78 is 22.9. The molecule has 0 aromatic heterocycles. The van der Waals surface area contributed by atoms with E-state index < -0.39 is 9.84 Å². The monoisotopic (exact) mass is 280 g/mol. The van der Waals surface area contributed by atoms with E-state index in [0.29, 0.717) is 12.1 Å². The zero-order chi connectivity index (χ0) is 14.0. The quantitative estimate of drug-likeness (QED) is 0.806. The van der Waals surface area contributed by atoms with Crippen molar-refractivity contribution in [3.63, 3.8) is 0 Å². The number of sulfone groups is 1. The molecule has 0 heterocycles. The number of hydrogen-bond acceptors (Lipinski definition) is 4. The molecule has 1 aliphatic rings. The third kappa shape index (κ3) is 3.42. The van der Waals surface area contributed by atoms with Gasteiger partial charge in [0.2, 0.25) is 5.91 Å². The lowest BCUT2D eigenvalue weighted by Crippen LogP contribution is -2.24. The maximum Gasteiger partial charge on any atom is 0.231 e. The highest BCUT2D eigenvalue weighted by atomic mass is 32.2. The minimum atomic E-state index is -3.27. The van der Waals surface area contributed by atoms with Crippen LogP contribution in [0.15, 0.2) is 41.3 Å². The molecule has 6 heteroatoms. The number of amides is 1. The molecule has 0 fully saturated rings. The zero-order valence-electron chi connectivity index (χ0n) is 10.5. The maximum absolute atomic E-state index is 12.0. The number of benzene rings is 1. The van der Waals surface area contributed by atoms with E-state index in [1.165, 1.54) is 12.1 Å². The Kier molecular flexibility index (Phi) is 3.73. The Labute approximate surface area is 112 Å².